The summed E-state index contributed by atoms with van der Waals surface area (Å²) in [4.78, 5) is 42.6. The minimum Gasteiger partial charge on any atom is -0.453 e. The summed E-state index contributed by atoms with van der Waals surface area (Å²) in [5, 5.41) is 20.5. The monoisotopic (exact) mass is 600 g/mol. The van der Waals surface area contributed by atoms with Crippen molar-refractivity contribution in [2.24, 2.45) is 5.92 Å². The highest BCUT2D eigenvalue weighted by molar-refractivity contribution is 6.30. The maximum atomic E-state index is 13.2. The van der Waals surface area contributed by atoms with Crippen molar-refractivity contribution in [3.63, 3.8) is 0 Å². The molecule has 0 radical (unpaired) electrons. The molecule has 1 aliphatic heterocycles. The van der Waals surface area contributed by atoms with Crippen molar-refractivity contribution in [1.29, 1.82) is 0 Å². The van der Waals surface area contributed by atoms with Crippen LogP contribution in [0.3, 0.4) is 0 Å². The number of hydrogen-bond donors (Lipinski definition) is 3. The number of halogens is 1. The molecule has 0 saturated heterocycles. The first kappa shape index (κ1) is 29.4. The van der Waals surface area contributed by atoms with E-state index in [0.29, 0.717) is 52.6 Å². The van der Waals surface area contributed by atoms with E-state index in [0.717, 1.165) is 11.1 Å². The van der Waals surface area contributed by atoms with E-state index < -0.39 is 12.1 Å². The minimum atomic E-state index is -0.617. The van der Waals surface area contributed by atoms with Gasteiger partial charge in [-0.3, -0.25) is 19.9 Å². The zero-order chi connectivity index (χ0) is 30.3. The summed E-state index contributed by atoms with van der Waals surface area (Å²) in [5.41, 5.74) is 4.53. The SMILES string of the molecule is COC(=O)Nc1ccc2c(c1)NC(=O)C(C)CCCC(NC(=O)/C=C/c1cc(Cl)ccc1-n1cnnn1)c1cc-2ccn1. The minimum absolute atomic E-state index is 0.144. The number of nitrogens with zero attached hydrogens (tertiary/aromatic N) is 5. The largest absolute Gasteiger partial charge is 0.453 e. The molecule has 220 valence electrons. The van der Waals surface area contributed by atoms with Gasteiger partial charge in [0.25, 0.3) is 0 Å². The molecule has 5 rings (SSSR count). The van der Waals surface area contributed by atoms with Gasteiger partial charge in [0.05, 0.1) is 30.2 Å². The van der Waals surface area contributed by atoms with Gasteiger partial charge in [0.1, 0.15) is 6.33 Å². The van der Waals surface area contributed by atoms with Crippen LogP contribution in [0, 0.1) is 5.92 Å². The Kier molecular flexibility index (Phi) is 9.06. The van der Waals surface area contributed by atoms with E-state index in [1.807, 2.05) is 19.1 Å². The summed E-state index contributed by atoms with van der Waals surface area (Å²) >= 11 is 6.21. The number of pyridine rings is 1. The van der Waals surface area contributed by atoms with Crippen LogP contribution in [0.1, 0.15) is 43.5 Å². The summed E-state index contributed by atoms with van der Waals surface area (Å²) in [5.74, 6) is -0.758. The Morgan fingerprint density at radius 1 is 1.14 bits per heavy atom. The van der Waals surface area contributed by atoms with E-state index in [-0.39, 0.29) is 17.7 Å². The van der Waals surface area contributed by atoms with Gasteiger partial charge in [0, 0.05) is 40.0 Å². The summed E-state index contributed by atoms with van der Waals surface area (Å²) in [6, 6.07) is 13.7. The van der Waals surface area contributed by atoms with E-state index in [2.05, 4.69) is 36.5 Å². The van der Waals surface area contributed by atoms with Gasteiger partial charge in [-0.25, -0.2) is 4.79 Å². The number of rotatable bonds is 5. The third-order valence-electron chi connectivity index (χ3n) is 7.05. The first-order chi connectivity index (χ1) is 20.8. The zero-order valence-corrected chi connectivity index (χ0v) is 24.2. The van der Waals surface area contributed by atoms with Crippen molar-refractivity contribution in [3.05, 3.63) is 83.4 Å². The normalized spacial score (nSPS) is 16.8. The summed E-state index contributed by atoms with van der Waals surface area (Å²) in [7, 11) is 1.28. The van der Waals surface area contributed by atoms with Crippen molar-refractivity contribution in [1.82, 2.24) is 30.5 Å². The number of nitrogens with one attached hydrogen (secondary N) is 3. The first-order valence-corrected chi connectivity index (χ1v) is 14.0. The molecule has 0 fully saturated rings. The van der Waals surface area contributed by atoms with Crippen LogP contribution in [0.25, 0.3) is 22.9 Å². The van der Waals surface area contributed by atoms with E-state index in [9.17, 15) is 14.4 Å². The van der Waals surface area contributed by atoms with E-state index in [1.165, 1.54) is 24.2 Å². The van der Waals surface area contributed by atoms with Gasteiger partial charge in [-0.15, -0.1) is 5.10 Å². The Labute approximate surface area is 252 Å². The van der Waals surface area contributed by atoms with Gasteiger partial charge >= 0.3 is 6.09 Å². The van der Waals surface area contributed by atoms with Crippen molar-refractivity contribution >= 4 is 47.0 Å². The number of tetrazole rings is 1. The molecule has 4 aromatic rings. The lowest BCUT2D eigenvalue weighted by Crippen LogP contribution is -2.28. The maximum Gasteiger partial charge on any atom is 0.411 e. The lowest BCUT2D eigenvalue weighted by atomic mass is 9.95. The molecule has 2 atom stereocenters. The average Bonchev–Trinajstić information content (AvgIpc) is 3.54. The molecule has 1 aliphatic rings. The molecule has 0 aliphatic carbocycles. The first-order valence-electron chi connectivity index (χ1n) is 13.6. The fourth-order valence-corrected chi connectivity index (χ4v) is 4.97. The average molecular weight is 601 g/mol. The standard InChI is InChI=1S/C30H29ClN8O4/c1-18-4-3-5-24(35-28(40)11-6-20-14-21(31)7-10-27(20)39-17-33-37-38-39)26-15-19(12-13-32-26)23-9-8-22(34-30(42)43-2)16-25(23)36-29(18)41/h6-18,24H,3-5H2,1-2H3,(H,34,42)(H,35,40)(H,36,41)/b11-6+. The van der Waals surface area contributed by atoms with Crippen LogP contribution in [0.2, 0.25) is 5.02 Å². The smallest absolute Gasteiger partial charge is 0.411 e. The predicted molar refractivity (Wildman–Crippen MR) is 161 cm³/mol. The Morgan fingerprint density at radius 3 is 2.79 bits per heavy atom. The Bertz CT molecular complexity index is 1670. The molecule has 3 N–H and O–H groups in total. The number of anilines is 2. The number of fused-ring (bicyclic) bond motifs is 4. The number of carbonyl (C=O) groups excluding carboxylic acids is 3. The summed E-state index contributed by atoms with van der Waals surface area (Å²) in [6.07, 6.45) is 7.44. The summed E-state index contributed by atoms with van der Waals surface area (Å²) < 4.78 is 6.18. The highest BCUT2D eigenvalue weighted by Gasteiger charge is 2.22. The van der Waals surface area contributed by atoms with Gasteiger partial charge in [-0.05, 0) is 77.4 Å². The van der Waals surface area contributed by atoms with Crippen molar-refractivity contribution in [2.45, 2.75) is 32.2 Å². The second-order valence-corrected chi connectivity index (χ2v) is 10.5. The molecule has 3 amide bonds. The number of hydrogen-bond acceptors (Lipinski definition) is 8. The topological polar surface area (TPSA) is 153 Å². The number of benzene rings is 2. The Morgan fingerprint density at radius 2 is 2.00 bits per heavy atom. The molecule has 2 bridgehead atoms. The third-order valence-corrected chi connectivity index (χ3v) is 7.29. The molecular formula is C30H29ClN8O4. The van der Waals surface area contributed by atoms with Gasteiger partial charge in [0.2, 0.25) is 11.8 Å². The summed E-state index contributed by atoms with van der Waals surface area (Å²) in [6.45, 7) is 1.86. The Balaban J connectivity index is 1.44. The molecule has 0 saturated carbocycles. The van der Waals surface area contributed by atoms with E-state index in [1.54, 1.807) is 48.7 Å². The Hall–Kier alpha value is -5.10. The van der Waals surface area contributed by atoms with Crippen molar-refractivity contribution in [3.8, 4) is 16.8 Å². The number of amides is 3. The lowest BCUT2D eigenvalue weighted by molar-refractivity contribution is -0.120. The van der Waals surface area contributed by atoms with Gasteiger partial charge in [-0.2, -0.15) is 4.68 Å². The highest BCUT2D eigenvalue weighted by atomic mass is 35.5. The second-order valence-electron chi connectivity index (χ2n) is 10.0. The van der Waals surface area contributed by atoms with E-state index in [4.69, 9.17) is 16.3 Å². The van der Waals surface area contributed by atoms with Gasteiger partial charge < -0.3 is 15.4 Å². The molecule has 0 spiro atoms. The molecule has 13 heteroatoms. The lowest BCUT2D eigenvalue weighted by Gasteiger charge is -2.22. The molecule has 2 aromatic carbocycles. The zero-order valence-electron chi connectivity index (χ0n) is 23.5. The maximum absolute atomic E-state index is 13.2. The highest BCUT2D eigenvalue weighted by Crippen LogP contribution is 2.34. The van der Waals surface area contributed by atoms with Crippen molar-refractivity contribution in [2.75, 3.05) is 17.7 Å². The van der Waals surface area contributed by atoms with Crippen LogP contribution in [0.15, 0.2) is 67.1 Å². The van der Waals surface area contributed by atoms with Gasteiger partial charge in [0.15, 0.2) is 0 Å². The van der Waals surface area contributed by atoms with Crippen LogP contribution in [-0.2, 0) is 14.3 Å². The van der Waals surface area contributed by atoms with Crippen LogP contribution in [0.4, 0.5) is 16.2 Å². The fraction of sp³-hybridized carbons (Fsp3) is 0.233. The quantitative estimate of drug-likeness (QED) is 0.265. The fourth-order valence-electron chi connectivity index (χ4n) is 4.79. The molecular weight excluding hydrogens is 572 g/mol. The molecule has 2 aromatic heterocycles. The van der Waals surface area contributed by atoms with Crippen LogP contribution >= 0.6 is 11.6 Å². The van der Waals surface area contributed by atoms with Crippen LogP contribution in [0.5, 0.6) is 0 Å². The van der Waals surface area contributed by atoms with Gasteiger partial charge in [-0.1, -0.05) is 31.0 Å². The number of ether oxygens (including phenoxy) is 1. The molecule has 43 heavy (non-hydrogen) atoms. The van der Waals surface area contributed by atoms with Crippen LogP contribution < -0.4 is 16.0 Å². The van der Waals surface area contributed by atoms with E-state index >= 15 is 0 Å². The van der Waals surface area contributed by atoms with Crippen molar-refractivity contribution < 1.29 is 19.1 Å². The third kappa shape index (κ3) is 7.22. The molecule has 3 heterocycles. The number of methoxy groups -OCH3 is 1. The molecule has 12 nitrogen and oxygen atoms in total. The predicted octanol–water partition coefficient (Wildman–Crippen LogP) is 5.19. The second kappa shape index (κ2) is 13.3. The molecule has 2 unspecified atom stereocenters. The number of aromatic nitrogens is 5. The number of carbonyl (C=O) groups is 3. The van der Waals surface area contributed by atoms with Crippen LogP contribution in [-0.4, -0.2) is 50.2 Å².